The predicted molar refractivity (Wildman–Crippen MR) is 97.0 cm³/mol. The molecule has 0 aliphatic carbocycles. The van der Waals surface area contributed by atoms with Crippen LogP contribution in [0.25, 0.3) is 44.1 Å². The van der Waals surface area contributed by atoms with Crippen LogP contribution >= 0.6 is 0 Å². The Kier molecular flexibility index (Phi) is 2.71. The SMILES string of the molecule is Cc1cnc(-c2cccc3c2oc2cc4ccccc4cc23)nc1. The van der Waals surface area contributed by atoms with Crippen LogP contribution in [0.1, 0.15) is 5.56 Å². The number of furan rings is 1. The van der Waals surface area contributed by atoms with Crippen molar-refractivity contribution in [3.8, 4) is 11.4 Å². The average Bonchev–Trinajstić information content (AvgIpc) is 2.98. The Morgan fingerprint density at radius 3 is 2.33 bits per heavy atom. The molecule has 0 saturated carbocycles. The summed E-state index contributed by atoms with van der Waals surface area (Å²) in [7, 11) is 0. The summed E-state index contributed by atoms with van der Waals surface area (Å²) in [4.78, 5) is 8.91. The smallest absolute Gasteiger partial charge is 0.162 e. The third-order valence-corrected chi connectivity index (χ3v) is 4.39. The first-order valence-corrected chi connectivity index (χ1v) is 7.93. The molecule has 0 fully saturated rings. The van der Waals surface area contributed by atoms with Crippen molar-refractivity contribution < 1.29 is 4.42 Å². The van der Waals surface area contributed by atoms with Crippen molar-refractivity contribution in [3.05, 3.63) is 72.6 Å². The summed E-state index contributed by atoms with van der Waals surface area (Å²) in [6, 6.07) is 18.8. The van der Waals surface area contributed by atoms with Gasteiger partial charge in [0.05, 0.1) is 5.56 Å². The van der Waals surface area contributed by atoms with E-state index < -0.39 is 0 Å². The van der Waals surface area contributed by atoms with Gasteiger partial charge in [-0.15, -0.1) is 0 Å². The van der Waals surface area contributed by atoms with Gasteiger partial charge in [-0.05, 0) is 41.5 Å². The largest absolute Gasteiger partial charge is 0.455 e. The van der Waals surface area contributed by atoms with Gasteiger partial charge in [-0.25, -0.2) is 9.97 Å². The van der Waals surface area contributed by atoms with E-state index in [0.717, 1.165) is 33.1 Å². The van der Waals surface area contributed by atoms with Crippen molar-refractivity contribution in [1.82, 2.24) is 9.97 Å². The zero-order chi connectivity index (χ0) is 16.1. The highest BCUT2D eigenvalue weighted by molar-refractivity contribution is 6.12. The summed E-state index contributed by atoms with van der Waals surface area (Å²) >= 11 is 0. The third kappa shape index (κ3) is 1.91. The number of hydrogen-bond acceptors (Lipinski definition) is 3. The molecule has 0 unspecified atom stereocenters. The van der Waals surface area contributed by atoms with Crippen molar-refractivity contribution in [2.75, 3.05) is 0 Å². The third-order valence-electron chi connectivity index (χ3n) is 4.39. The summed E-state index contributed by atoms with van der Waals surface area (Å²) in [6.07, 6.45) is 3.66. The molecule has 2 aromatic heterocycles. The van der Waals surface area contributed by atoms with Gasteiger partial charge in [0.2, 0.25) is 0 Å². The van der Waals surface area contributed by atoms with Crippen LogP contribution in [0.4, 0.5) is 0 Å². The fourth-order valence-electron chi connectivity index (χ4n) is 3.19. The van der Waals surface area contributed by atoms with Crippen LogP contribution in [0, 0.1) is 6.92 Å². The van der Waals surface area contributed by atoms with E-state index in [-0.39, 0.29) is 0 Å². The number of rotatable bonds is 1. The maximum atomic E-state index is 6.20. The Labute approximate surface area is 138 Å². The second-order valence-electron chi connectivity index (χ2n) is 6.06. The molecule has 3 aromatic carbocycles. The lowest BCUT2D eigenvalue weighted by Gasteiger charge is -2.01. The van der Waals surface area contributed by atoms with Crippen LogP contribution < -0.4 is 0 Å². The zero-order valence-corrected chi connectivity index (χ0v) is 13.2. The van der Waals surface area contributed by atoms with Crippen LogP contribution in [0.3, 0.4) is 0 Å². The van der Waals surface area contributed by atoms with E-state index in [0.29, 0.717) is 5.82 Å². The Balaban J connectivity index is 1.86. The number of aromatic nitrogens is 2. The molecular formula is C21H14N2O. The van der Waals surface area contributed by atoms with Crippen molar-refractivity contribution in [2.24, 2.45) is 0 Å². The molecule has 114 valence electrons. The summed E-state index contributed by atoms with van der Waals surface area (Å²) in [5, 5.41) is 4.61. The van der Waals surface area contributed by atoms with Crippen molar-refractivity contribution in [2.45, 2.75) is 6.92 Å². The van der Waals surface area contributed by atoms with Gasteiger partial charge in [0.25, 0.3) is 0 Å². The van der Waals surface area contributed by atoms with E-state index >= 15 is 0 Å². The minimum absolute atomic E-state index is 0.690. The molecule has 24 heavy (non-hydrogen) atoms. The van der Waals surface area contributed by atoms with Gasteiger partial charge in [-0.2, -0.15) is 0 Å². The van der Waals surface area contributed by atoms with Crippen LogP contribution in [0.2, 0.25) is 0 Å². The summed E-state index contributed by atoms with van der Waals surface area (Å²) in [5.74, 6) is 0.690. The van der Waals surface area contributed by atoms with Crippen molar-refractivity contribution in [3.63, 3.8) is 0 Å². The van der Waals surface area contributed by atoms with Crippen LogP contribution in [0.15, 0.2) is 71.4 Å². The van der Waals surface area contributed by atoms with Crippen molar-refractivity contribution >= 4 is 32.7 Å². The van der Waals surface area contributed by atoms with E-state index in [9.17, 15) is 0 Å². The molecule has 0 bridgehead atoms. The second kappa shape index (κ2) is 4.90. The second-order valence-corrected chi connectivity index (χ2v) is 6.06. The van der Waals surface area contributed by atoms with E-state index in [1.807, 2.05) is 37.5 Å². The number of nitrogens with zero attached hydrogens (tertiary/aromatic N) is 2. The lowest BCUT2D eigenvalue weighted by Crippen LogP contribution is -1.89. The molecule has 2 heterocycles. The normalized spacial score (nSPS) is 11.5. The molecule has 0 saturated heterocycles. The summed E-state index contributed by atoms with van der Waals surface area (Å²) in [5.41, 5.74) is 3.70. The molecule has 0 amide bonds. The zero-order valence-electron chi connectivity index (χ0n) is 13.2. The number of aryl methyl sites for hydroxylation is 1. The number of fused-ring (bicyclic) bond motifs is 4. The fraction of sp³-hybridized carbons (Fsp3) is 0.0476. The molecule has 3 heteroatoms. The average molecular weight is 310 g/mol. The van der Waals surface area contributed by atoms with Crippen LogP contribution in [0.5, 0.6) is 0 Å². The van der Waals surface area contributed by atoms with Crippen LogP contribution in [-0.2, 0) is 0 Å². The molecule has 0 spiro atoms. The molecule has 0 N–H and O–H groups in total. The first-order chi connectivity index (χ1) is 11.8. The molecule has 0 aliphatic rings. The van der Waals surface area contributed by atoms with Gasteiger partial charge in [0.15, 0.2) is 5.82 Å². The minimum atomic E-state index is 0.690. The van der Waals surface area contributed by atoms with Gasteiger partial charge < -0.3 is 4.42 Å². The predicted octanol–water partition coefficient (Wildman–Crippen LogP) is 5.50. The lowest BCUT2D eigenvalue weighted by atomic mass is 10.0. The van der Waals surface area contributed by atoms with E-state index in [1.165, 1.54) is 10.8 Å². The van der Waals surface area contributed by atoms with Crippen molar-refractivity contribution in [1.29, 1.82) is 0 Å². The Morgan fingerprint density at radius 1 is 0.792 bits per heavy atom. The van der Waals surface area contributed by atoms with Gasteiger partial charge in [0, 0.05) is 23.2 Å². The molecule has 3 nitrogen and oxygen atoms in total. The Hall–Kier alpha value is -3.20. The highest BCUT2D eigenvalue weighted by atomic mass is 16.3. The molecular weight excluding hydrogens is 296 g/mol. The summed E-state index contributed by atoms with van der Waals surface area (Å²) < 4.78 is 6.20. The Morgan fingerprint density at radius 2 is 1.54 bits per heavy atom. The quantitative estimate of drug-likeness (QED) is 0.410. The van der Waals surface area contributed by atoms with E-state index in [2.05, 4.69) is 46.4 Å². The lowest BCUT2D eigenvalue weighted by molar-refractivity contribution is 0.670. The van der Waals surface area contributed by atoms with E-state index in [1.54, 1.807) is 0 Å². The number of para-hydroxylation sites is 1. The maximum Gasteiger partial charge on any atom is 0.162 e. The highest BCUT2D eigenvalue weighted by Gasteiger charge is 2.14. The molecule has 0 atom stereocenters. The fourth-order valence-corrected chi connectivity index (χ4v) is 3.19. The maximum absolute atomic E-state index is 6.20. The standard InChI is InChI=1S/C21H14N2O/c1-13-11-22-21(23-12-13)17-8-4-7-16-18-9-14-5-2-3-6-15(14)10-19(18)24-20(16)17/h2-12H,1H3. The van der Waals surface area contributed by atoms with Gasteiger partial charge in [-0.3, -0.25) is 0 Å². The van der Waals surface area contributed by atoms with Gasteiger partial charge in [-0.1, -0.05) is 36.4 Å². The minimum Gasteiger partial charge on any atom is -0.455 e. The van der Waals surface area contributed by atoms with Crippen LogP contribution in [-0.4, -0.2) is 9.97 Å². The molecule has 0 aliphatic heterocycles. The highest BCUT2D eigenvalue weighted by Crippen LogP contribution is 2.36. The summed E-state index contributed by atoms with van der Waals surface area (Å²) in [6.45, 7) is 1.98. The van der Waals surface area contributed by atoms with Gasteiger partial charge >= 0.3 is 0 Å². The number of hydrogen-bond donors (Lipinski definition) is 0. The topological polar surface area (TPSA) is 38.9 Å². The van der Waals surface area contributed by atoms with E-state index in [4.69, 9.17) is 4.42 Å². The first-order valence-electron chi connectivity index (χ1n) is 7.93. The Bertz CT molecular complexity index is 1200. The van der Waals surface area contributed by atoms with Gasteiger partial charge in [0.1, 0.15) is 11.2 Å². The monoisotopic (exact) mass is 310 g/mol. The first kappa shape index (κ1) is 13.3. The molecule has 5 aromatic rings. The number of benzene rings is 3. The molecule has 5 rings (SSSR count). The molecule has 0 radical (unpaired) electrons.